The van der Waals surface area contributed by atoms with Gasteiger partial charge in [-0.05, 0) is 43.7 Å². The van der Waals surface area contributed by atoms with Gasteiger partial charge in [0, 0.05) is 17.0 Å². The van der Waals surface area contributed by atoms with Crippen molar-refractivity contribution >= 4 is 5.91 Å². The van der Waals surface area contributed by atoms with E-state index in [0.717, 1.165) is 6.07 Å². The maximum atomic E-state index is 14.0. The Morgan fingerprint density at radius 1 is 1.00 bits per heavy atom. The van der Waals surface area contributed by atoms with Crippen LogP contribution in [0.15, 0.2) is 54.6 Å². The molecule has 2 heterocycles. The SMILES string of the molecule is Cc1c(C(=O)NCC(C)(O)c2ccccc2)cc(-c2cc(C(F)(F)F)ccc2C(F)(F)F)n1CC1COCCO1. The summed E-state index contributed by atoms with van der Waals surface area (Å²) in [5.41, 5.74) is -4.27. The molecule has 1 saturated heterocycles. The van der Waals surface area contributed by atoms with Crippen molar-refractivity contribution in [3.63, 3.8) is 0 Å². The van der Waals surface area contributed by atoms with Crippen molar-refractivity contribution in [1.82, 2.24) is 9.88 Å². The molecule has 12 heteroatoms. The van der Waals surface area contributed by atoms with Crippen LogP contribution in [0.1, 0.15) is 39.7 Å². The van der Waals surface area contributed by atoms with E-state index < -0.39 is 46.7 Å². The van der Waals surface area contributed by atoms with Gasteiger partial charge in [-0.3, -0.25) is 4.79 Å². The van der Waals surface area contributed by atoms with Gasteiger partial charge >= 0.3 is 12.4 Å². The first-order valence-corrected chi connectivity index (χ1v) is 12.4. The molecule has 4 rings (SSSR count). The first-order chi connectivity index (χ1) is 18.7. The standard InChI is InChI=1S/C28H28F6N2O4/c1-17-21(25(37)35-16-26(2,38)18-6-4-3-5-7-18)13-24(36(17)14-20-15-39-10-11-40-20)22-12-19(27(29,30)31)8-9-23(22)28(32,33)34/h3-9,12-13,20,38H,10-11,14-16H2,1-2H3,(H,35,37). The average molecular weight is 571 g/mol. The van der Waals surface area contributed by atoms with E-state index in [1.807, 2.05) is 0 Å². The van der Waals surface area contributed by atoms with Gasteiger partial charge in [-0.15, -0.1) is 0 Å². The number of benzene rings is 2. The molecule has 1 aliphatic rings. The van der Waals surface area contributed by atoms with E-state index in [1.165, 1.54) is 18.4 Å². The average Bonchev–Trinajstić information content (AvgIpc) is 3.22. The first kappa shape index (κ1) is 29.6. The largest absolute Gasteiger partial charge is 0.417 e. The Morgan fingerprint density at radius 2 is 1.70 bits per heavy atom. The van der Waals surface area contributed by atoms with Crippen LogP contribution in [-0.4, -0.2) is 48.1 Å². The number of ether oxygens (including phenoxy) is 2. The number of alkyl halides is 6. The van der Waals surface area contributed by atoms with Gasteiger partial charge in [-0.2, -0.15) is 26.3 Å². The zero-order valence-corrected chi connectivity index (χ0v) is 21.7. The third kappa shape index (κ3) is 6.51. The molecular formula is C28H28F6N2O4. The highest BCUT2D eigenvalue weighted by Gasteiger charge is 2.38. The summed E-state index contributed by atoms with van der Waals surface area (Å²) in [4.78, 5) is 13.2. The molecule has 216 valence electrons. The van der Waals surface area contributed by atoms with Gasteiger partial charge in [-0.25, -0.2) is 0 Å². The van der Waals surface area contributed by atoms with Crippen molar-refractivity contribution in [1.29, 1.82) is 0 Å². The number of aromatic nitrogens is 1. The monoisotopic (exact) mass is 570 g/mol. The Labute approximate surface area is 226 Å². The Morgan fingerprint density at radius 3 is 2.30 bits per heavy atom. The Kier molecular flexibility index (Phi) is 8.34. The zero-order valence-electron chi connectivity index (χ0n) is 21.7. The van der Waals surface area contributed by atoms with E-state index in [-0.39, 0.29) is 43.3 Å². The normalized spacial score (nSPS) is 17.9. The number of hydrogen-bond acceptors (Lipinski definition) is 4. The number of carbonyl (C=O) groups is 1. The topological polar surface area (TPSA) is 72.7 Å². The van der Waals surface area contributed by atoms with Gasteiger partial charge in [0.25, 0.3) is 5.91 Å². The molecule has 1 aliphatic heterocycles. The van der Waals surface area contributed by atoms with Crippen LogP contribution in [-0.2, 0) is 34.0 Å². The van der Waals surface area contributed by atoms with Crippen molar-refractivity contribution in [2.24, 2.45) is 0 Å². The molecule has 0 aliphatic carbocycles. The van der Waals surface area contributed by atoms with Crippen molar-refractivity contribution in [2.75, 3.05) is 26.4 Å². The molecule has 2 unspecified atom stereocenters. The fourth-order valence-corrected chi connectivity index (χ4v) is 4.61. The van der Waals surface area contributed by atoms with Crippen LogP contribution in [0.25, 0.3) is 11.3 Å². The van der Waals surface area contributed by atoms with Crippen LogP contribution >= 0.6 is 0 Å². The zero-order chi connectivity index (χ0) is 29.3. The number of aliphatic hydroxyl groups is 1. The predicted molar refractivity (Wildman–Crippen MR) is 134 cm³/mol. The van der Waals surface area contributed by atoms with Gasteiger partial charge in [0.05, 0.1) is 55.7 Å². The summed E-state index contributed by atoms with van der Waals surface area (Å²) in [6.07, 6.45) is -10.5. The van der Waals surface area contributed by atoms with Crippen LogP contribution in [0, 0.1) is 6.92 Å². The first-order valence-electron chi connectivity index (χ1n) is 12.4. The molecule has 1 aromatic heterocycles. The number of hydrogen-bond donors (Lipinski definition) is 2. The van der Waals surface area contributed by atoms with E-state index >= 15 is 0 Å². The van der Waals surface area contributed by atoms with E-state index in [1.54, 1.807) is 30.3 Å². The van der Waals surface area contributed by atoms with E-state index in [2.05, 4.69) is 5.32 Å². The van der Waals surface area contributed by atoms with Crippen LogP contribution in [0.4, 0.5) is 26.3 Å². The van der Waals surface area contributed by atoms with Gasteiger partial charge in [-0.1, -0.05) is 30.3 Å². The third-order valence-corrected chi connectivity index (χ3v) is 6.80. The molecular weight excluding hydrogens is 542 g/mol. The van der Waals surface area contributed by atoms with Crippen LogP contribution in [0.2, 0.25) is 0 Å². The predicted octanol–water partition coefficient (Wildman–Crippen LogP) is 5.55. The Bertz CT molecular complexity index is 1340. The maximum absolute atomic E-state index is 14.0. The molecule has 1 fully saturated rings. The summed E-state index contributed by atoms with van der Waals surface area (Å²) >= 11 is 0. The summed E-state index contributed by atoms with van der Waals surface area (Å²) in [6.45, 7) is 3.36. The number of nitrogens with zero attached hydrogens (tertiary/aromatic N) is 1. The molecule has 0 radical (unpaired) electrons. The molecule has 2 N–H and O–H groups in total. The van der Waals surface area contributed by atoms with Crippen LogP contribution < -0.4 is 5.32 Å². The fraction of sp³-hybridized carbons (Fsp3) is 0.393. The lowest BCUT2D eigenvalue weighted by Crippen LogP contribution is -2.38. The fourth-order valence-electron chi connectivity index (χ4n) is 4.61. The van der Waals surface area contributed by atoms with Gasteiger partial charge in [0.1, 0.15) is 5.60 Å². The molecule has 0 bridgehead atoms. The second-order valence-electron chi connectivity index (χ2n) is 9.79. The van der Waals surface area contributed by atoms with Gasteiger partial charge in [0.2, 0.25) is 0 Å². The van der Waals surface area contributed by atoms with Gasteiger partial charge in [0.15, 0.2) is 0 Å². The smallest absolute Gasteiger partial charge is 0.384 e. The molecule has 0 saturated carbocycles. The third-order valence-electron chi connectivity index (χ3n) is 6.80. The van der Waals surface area contributed by atoms with Gasteiger partial charge < -0.3 is 24.5 Å². The van der Waals surface area contributed by atoms with Crippen molar-refractivity contribution in [3.05, 3.63) is 82.5 Å². The Balaban J connectivity index is 1.77. The highest BCUT2D eigenvalue weighted by atomic mass is 19.4. The summed E-state index contributed by atoms with van der Waals surface area (Å²) < 4.78 is 94.9. The molecule has 0 spiro atoms. The maximum Gasteiger partial charge on any atom is 0.417 e. The van der Waals surface area contributed by atoms with Crippen LogP contribution in [0.3, 0.4) is 0 Å². The minimum absolute atomic E-state index is 0.0545. The number of amides is 1. The summed E-state index contributed by atoms with van der Waals surface area (Å²) in [5, 5.41) is 13.5. The number of carbonyl (C=O) groups excluding carboxylic acids is 1. The summed E-state index contributed by atoms with van der Waals surface area (Å²) in [6, 6.07) is 10.9. The van der Waals surface area contributed by atoms with E-state index in [9.17, 15) is 36.2 Å². The molecule has 1 amide bonds. The van der Waals surface area contributed by atoms with Crippen LogP contribution in [0.5, 0.6) is 0 Å². The lowest BCUT2D eigenvalue weighted by atomic mass is 9.96. The molecule has 6 nitrogen and oxygen atoms in total. The lowest BCUT2D eigenvalue weighted by Gasteiger charge is -2.26. The molecule has 3 aromatic rings. The summed E-state index contributed by atoms with van der Waals surface area (Å²) in [7, 11) is 0. The molecule has 40 heavy (non-hydrogen) atoms. The quantitative estimate of drug-likeness (QED) is 0.366. The molecule has 2 atom stereocenters. The van der Waals surface area contributed by atoms with E-state index in [4.69, 9.17) is 9.47 Å². The van der Waals surface area contributed by atoms with Crippen molar-refractivity contribution in [2.45, 2.75) is 44.4 Å². The number of rotatable bonds is 7. The molecule has 2 aromatic carbocycles. The lowest BCUT2D eigenvalue weighted by molar-refractivity contribution is -0.141. The highest BCUT2D eigenvalue weighted by Crippen LogP contribution is 2.42. The highest BCUT2D eigenvalue weighted by molar-refractivity contribution is 5.97. The van der Waals surface area contributed by atoms with Crippen molar-refractivity contribution in [3.8, 4) is 11.3 Å². The Hall–Kier alpha value is -3.35. The van der Waals surface area contributed by atoms with E-state index in [0.29, 0.717) is 30.4 Å². The van der Waals surface area contributed by atoms with Crippen molar-refractivity contribution < 1.29 is 45.7 Å². The minimum atomic E-state index is -4.97. The number of halogens is 6. The number of nitrogens with one attached hydrogen (secondary N) is 1. The second kappa shape index (κ2) is 11.3. The second-order valence-corrected chi connectivity index (χ2v) is 9.79. The minimum Gasteiger partial charge on any atom is -0.384 e. The summed E-state index contributed by atoms with van der Waals surface area (Å²) in [5.74, 6) is -0.713.